The molecule has 1 aromatic carbocycles. The highest BCUT2D eigenvalue weighted by molar-refractivity contribution is 5.76. The lowest BCUT2D eigenvalue weighted by atomic mass is 10.3. The molecule has 0 aliphatic rings. The average Bonchev–Trinajstić information content (AvgIpc) is 2.67. The largest absolute Gasteiger partial charge is 0.372 e. The quantitative estimate of drug-likeness (QED) is 0.804. The molecule has 2 aromatic rings. The Morgan fingerprint density at radius 2 is 2.12 bits per heavy atom. The highest BCUT2D eigenvalue weighted by atomic mass is 16.5. The van der Waals surface area contributed by atoms with Crippen molar-refractivity contribution in [2.45, 2.75) is 26.5 Å². The van der Waals surface area contributed by atoms with E-state index in [-0.39, 0.29) is 0 Å². The topological polar surface area (TPSA) is 53.1 Å². The van der Waals surface area contributed by atoms with E-state index in [9.17, 15) is 0 Å². The van der Waals surface area contributed by atoms with Crippen LogP contribution in [0.4, 0.5) is 0 Å². The molecule has 0 atom stereocenters. The summed E-state index contributed by atoms with van der Waals surface area (Å²) in [7, 11) is 0. The monoisotopic (exact) mass is 233 g/mol. The third-order valence-electron chi connectivity index (χ3n) is 2.68. The second-order valence-corrected chi connectivity index (χ2v) is 4.32. The van der Waals surface area contributed by atoms with Crippen LogP contribution in [0.5, 0.6) is 0 Å². The number of rotatable bonds is 5. The number of benzene rings is 1. The van der Waals surface area contributed by atoms with Crippen molar-refractivity contribution in [3.63, 3.8) is 0 Å². The predicted molar refractivity (Wildman–Crippen MR) is 68.8 cm³/mol. The first-order chi connectivity index (χ1) is 8.24. The van der Waals surface area contributed by atoms with E-state index in [1.807, 2.05) is 18.2 Å². The summed E-state index contributed by atoms with van der Waals surface area (Å²) in [4.78, 5) is 4.60. The molecule has 0 spiro atoms. The van der Waals surface area contributed by atoms with E-state index >= 15 is 0 Å². The number of aromatic nitrogens is 2. The van der Waals surface area contributed by atoms with Crippen LogP contribution in [0.3, 0.4) is 0 Å². The van der Waals surface area contributed by atoms with E-state index in [0.29, 0.717) is 25.8 Å². The van der Waals surface area contributed by atoms with Crippen LogP contribution in [0.15, 0.2) is 24.3 Å². The molecule has 2 N–H and O–H groups in total. The summed E-state index contributed by atoms with van der Waals surface area (Å²) >= 11 is 0. The van der Waals surface area contributed by atoms with Crippen LogP contribution in [0, 0.1) is 0 Å². The summed E-state index contributed by atoms with van der Waals surface area (Å²) in [6.45, 7) is 5.94. The van der Waals surface area contributed by atoms with Gasteiger partial charge in [-0.05, 0) is 26.0 Å². The summed E-state index contributed by atoms with van der Waals surface area (Å²) in [5.74, 6) is 0.967. The van der Waals surface area contributed by atoms with Crippen molar-refractivity contribution in [1.82, 2.24) is 9.55 Å². The van der Waals surface area contributed by atoms with Gasteiger partial charge in [-0.3, -0.25) is 0 Å². The fourth-order valence-corrected chi connectivity index (χ4v) is 2.02. The van der Waals surface area contributed by atoms with Crippen molar-refractivity contribution < 1.29 is 4.74 Å². The fraction of sp³-hybridized carbons (Fsp3) is 0.462. The molecule has 0 amide bonds. The number of imidazole rings is 1. The number of hydrogen-bond donors (Lipinski definition) is 1. The molecular weight excluding hydrogens is 214 g/mol. The van der Waals surface area contributed by atoms with Crippen molar-refractivity contribution >= 4 is 11.0 Å². The number of hydrogen-bond acceptors (Lipinski definition) is 3. The maximum absolute atomic E-state index is 5.48. The number of fused-ring (bicyclic) bond motifs is 1. The van der Waals surface area contributed by atoms with Gasteiger partial charge in [-0.25, -0.2) is 4.98 Å². The van der Waals surface area contributed by atoms with Gasteiger partial charge in [0.1, 0.15) is 12.4 Å². The second-order valence-electron chi connectivity index (χ2n) is 4.32. The molecule has 4 heteroatoms. The Kier molecular flexibility index (Phi) is 3.76. The van der Waals surface area contributed by atoms with Crippen LogP contribution < -0.4 is 5.73 Å². The minimum atomic E-state index is 0.374. The minimum Gasteiger partial charge on any atom is -0.372 e. The van der Waals surface area contributed by atoms with Crippen LogP contribution >= 0.6 is 0 Å². The highest BCUT2D eigenvalue weighted by Gasteiger charge is 2.12. The molecule has 1 aromatic heterocycles. The lowest BCUT2D eigenvalue weighted by Gasteiger charge is -2.12. The van der Waals surface area contributed by atoms with Crippen LogP contribution in [-0.4, -0.2) is 22.7 Å². The normalized spacial score (nSPS) is 11.5. The van der Waals surface area contributed by atoms with Crippen molar-refractivity contribution in [3.05, 3.63) is 30.1 Å². The van der Waals surface area contributed by atoms with Gasteiger partial charge in [-0.2, -0.15) is 0 Å². The van der Waals surface area contributed by atoms with Gasteiger partial charge in [0, 0.05) is 12.6 Å². The molecule has 0 aliphatic carbocycles. The summed E-state index contributed by atoms with van der Waals surface area (Å²) < 4.78 is 7.70. The van der Waals surface area contributed by atoms with Crippen molar-refractivity contribution in [2.24, 2.45) is 5.73 Å². The smallest absolute Gasteiger partial charge is 0.136 e. The molecule has 1 heterocycles. The third-order valence-corrected chi connectivity index (χ3v) is 2.68. The zero-order valence-electron chi connectivity index (χ0n) is 10.4. The van der Waals surface area contributed by atoms with Gasteiger partial charge < -0.3 is 15.0 Å². The van der Waals surface area contributed by atoms with E-state index in [2.05, 4.69) is 29.5 Å². The Balaban J connectivity index is 2.36. The zero-order valence-corrected chi connectivity index (χ0v) is 10.4. The van der Waals surface area contributed by atoms with Crippen molar-refractivity contribution in [2.75, 3.05) is 13.2 Å². The van der Waals surface area contributed by atoms with E-state index in [4.69, 9.17) is 10.5 Å². The number of ether oxygens (including phenoxy) is 1. The minimum absolute atomic E-state index is 0.374. The van der Waals surface area contributed by atoms with Gasteiger partial charge in [0.15, 0.2) is 0 Å². The number of para-hydroxylation sites is 2. The maximum atomic E-state index is 5.48. The standard InChI is InChI=1S/C13H19N3O/c1-10(2)16-12-6-4-3-5-11(12)15-13(16)9-17-8-7-14/h3-6,10H,7-9,14H2,1-2H3. The molecule has 92 valence electrons. The molecule has 2 rings (SSSR count). The van der Waals surface area contributed by atoms with Gasteiger partial charge in [-0.15, -0.1) is 0 Å². The first kappa shape index (κ1) is 12.1. The van der Waals surface area contributed by atoms with Gasteiger partial charge in [-0.1, -0.05) is 12.1 Å². The molecule has 4 nitrogen and oxygen atoms in total. The predicted octanol–water partition coefficient (Wildman–Crippen LogP) is 2.09. The second kappa shape index (κ2) is 5.29. The Morgan fingerprint density at radius 1 is 1.35 bits per heavy atom. The van der Waals surface area contributed by atoms with Crippen LogP contribution in [-0.2, 0) is 11.3 Å². The van der Waals surface area contributed by atoms with Gasteiger partial charge in [0.05, 0.1) is 17.6 Å². The summed E-state index contributed by atoms with van der Waals surface area (Å²) in [5.41, 5.74) is 7.60. The van der Waals surface area contributed by atoms with Gasteiger partial charge in [0.2, 0.25) is 0 Å². The Bertz CT molecular complexity index is 490. The number of nitrogens with two attached hydrogens (primary N) is 1. The van der Waals surface area contributed by atoms with Crippen molar-refractivity contribution in [3.8, 4) is 0 Å². The molecule has 0 saturated heterocycles. The SMILES string of the molecule is CC(C)n1c(COCCN)nc2ccccc21. The first-order valence-electron chi connectivity index (χ1n) is 5.97. The van der Waals surface area contributed by atoms with E-state index in [1.165, 1.54) is 0 Å². The number of nitrogens with zero attached hydrogens (tertiary/aromatic N) is 2. The Labute approximate surface area is 101 Å². The lowest BCUT2D eigenvalue weighted by molar-refractivity contribution is 0.119. The Morgan fingerprint density at radius 3 is 2.82 bits per heavy atom. The molecule has 17 heavy (non-hydrogen) atoms. The maximum Gasteiger partial charge on any atom is 0.136 e. The highest BCUT2D eigenvalue weighted by Crippen LogP contribution is 2.21. The molecule has 0 fully saturated rings. The average molecular weight is 233 g/mol. The van der Waals surface area contributed by atoms with Gasteiger partial charge >= 0.3 is 0 Å². The van der Waals surface area contributed by atoms with Crippen LogP contribution in [0.1, 0.15) is 25.7 Å². The summed E-state index contributed by atoms with van der Waals surface area (Å²) in [5, 5.41) is 0. The molecule has 0 radical (unpaired) electrons. The van der Waals surface area contributed by atoms with E-state index < -0.39 is 0 Å². The van der Waals surface area contributed by atoms with Crippen LogP contribution in [0.25, 0.3) is 11.0 Å². The molecule has 0 unspecified atom stereocenters. The van der Waals surface area contributed by atoms with E-state index in [1.54, 1.807) is 0 Å². The molecular formula is C13H19N3O. The third kappa shape index (κ3) is 2.48. The molecule has 0 bridgehead atoms. The first-order valence-corrected chi connectivity index (χ1v) is 5.97. The Hall–Kier alpha value is -1.39. The summed E-state index contributed by atoms with van der Waals surface area (Å²) in [6, 6.07) is 8.53. The molecule has 0 saturated carbocycles. The van der Waals surface area contributed by atoms with Gasteiger partial charge in [0.25, 0.3) is 0 Å². The zero-order chi connectivity index (χ0) is 12.3. The van der Waals surface area contributed by atoms with Crippen LogP contribution in [0.2, 0.25) is 0 Å². The summed E-state index contributed by atoms with van der Waals surface area (Å²) in [6.07, 6.45) is 0. The van der Waals surface area contributed by atoms with E-state index in [0.717, 1.165) is 16.9 Å². The lowest BCUT2D eigenvalue weighted by Crippen LogP contribution is -2.12. The fourth-order valence-electron chi connectivity index (χ4n) is 2.02. The van der Waals surface area contributed by atoms with Crippen molar-refractivity contribution in [1.29, 1.82) is 0 Å². The molecule has 0 aliphatic heterocycles.